The van der Waals surface area contributed by atoms with Gasteiger partial charge >= 0.3 is 58.4 Å². The maximum absolute atomic E-state index is 12.4. The van der Waals surface area contributed by atoms with Gasteiger partial charge in [0, 0.05) is 5.02 Å². The summed E-state index contributed by atoms with van der Waals surface area (Å²) in [7, 11) is 0. The Morgan fingerprint density at radius 1 is 1.08 bits per heavy atom. The smallest absolute Gasteiger partial charge is 0.445 e. The molecule has 0 aliphatic heterocycles. The SMILES string of the molecule is Fc1cc(Cl)cc([B-](F)(F)F)c1.[K+]. The molecule has 0 heterocycles. The van der Waals surface area contributed by atoms with Crippen molar-refractivity contribution in [2.24, 2.45) is 0 Å². The average molecular weight is 236 g/mol. The predicted molar refractivity (Wildman–Crippen MR) is 40.1 cm³/mol. The third-order valence-corrected chi connectivity index (χ3v) is 1.48. The van der Waals surface area contributed by atoms with E-state index in [4.69, 9.17) is 11.6 Å². The normalized spacial score (nSPS) is 10.8. The Morgan fingerprint density at radius 3 is 2.00 bits per heavy atom. The number of rotatable bonds is 1. The molecule has 0 aromatic heterocycles. The second kappa shape index (κ2) is 5.14. The second-order valence-corrected chi connectivity index (χ2v) is 2.71. The second-order valence-electron chi connectivity index (χ2n) is 2.28. The molecule has 0 spiro atoms. The van der Waals surface area contributed by atoms with E-state index in [0.29, 0.717) is 12.1 Å². The van der Waals surface area contributed by atoms with Crippen LogP contribution in [0.2, 0.25) is 5.02 Å². The molecule has 0 N–H and O–H groups in total. The maximum Gasteiger partial charge on any atom is 1.00 e. The van der Waals surface area contributed by atoms with Gasteiger partial charge in [-0.3, -0.25) is 0 Å². The first-order valence-electron chi connectivity index (χ1n) is 3.05. The molecule has 0 unspecified atom stereocenters. The minimum absolute atomic E-state index is 0. The van der Waals surface area contributed by atoms with E-state index >= 15 is 0 Å². The first-order chi connectivity index (χ1) is 5.39. The van der Waals surface area contributed by atoms with Crippen molar-refractivity contribution in [3.8, 4) is 0 Å². The Bertz CT molecular complexity index is 281. The Labute approximate surface area is 120 Å². The third-order valence-electron chi connectivity index (χ3n) is 1.26. The topological polar surface area (TPSA) is 0 Å². The third kappa shape index (κ3) is 4.31. The van der Waals surface area contributed by atoms with Crippen LogP contribution in [-0.2, 0) is 0 Å². The molecule has 0 atom stereocenters. The molecular formula is C6H3BClF4K. The summed E-state index contributed by atoms with van der Waals surface area (Å²) >= 11 is 5.23. The minimum Gasteiger partial charge on any atom is -0.445 e. The summed E-state index contributed by atoms with van der Waals surface area (Å²) in [5.74, 6) is -0.975. The van der Waals surface area contributed by atoms with Gasteiger partial charge in [-0.2, -0.15) is 0 Å². The first kappa shape index (κ1) is 13.9. The van der Waals surface area contributed by atoms with Gasteiger partial charge in [-0.15, -0.1) is 5.46 Å². The Balaban J connectivity index is 0.00000144. The summed E-state index contributed by atoms with van der Waals surface area (Å²) in [5.41, 5.74) is -1.01. The van der Waals surface area contributed by atoms with Crippen LogP contribution in [0.25, 0.3) is 0 Å². The van der Waals surface area contributed by atoms with Gasteiger partial charge in [0.25, 0.3) is 0 Å². The molecule has 66 valence electrons. The maximum atomic E-state index is 12.4. The molecule has 0 amide bonds. The average Bonchev–Trinajstić information content (AvgIpc) is 1.82. The van der Waals surface area contributed by atoms with Gasteiger partial charge in [0.2, 0.25) is 0 Å². The molecule has 0 bridgehead atoms. The molecule has 0 saturated heterocycles. The van der Waals surface area contributed by atoms with Crippen LogP contribution in [0.15, 0.2) is 18.2 Å². The molecular weight excluding hydrogens is 233 g/mol. The Kier molecular flexibility index (Phi) is 5.50. The largest absolute Gasteiger partial charge is 1.00 e. The van der Waals surface area contributed by atoms with Crippen LogP contribution in [-0.4, -0.2) is 6.98 Å². The summed E-state index contributed by atoms with van der Waals surface area (Å²) in [4.78, 5) is 0. The van der Waals surface area contributed by atoms with Gasteiger partial charge < -0.3 is 12.9 Å². The van der Waals surface area contributed by atoms with E-state index in [-0.39, 0.29) is 56.4 Å². The Morgan fingerprint density at radius 2 is 1.62 bits per heavy atom. The molecule has 0 aliphatic rings. The van der Waals surface area contributed by atoms with E-state index < -0.39 is 18.3 Å². The van der Waals surface area contributed by atoms with Crippen LogP contribution in [0.1, 0.15) is 0 Å². The van der Waals surface area contributed by atoms with E-state index in [2.05, 4.69) is 0 Å². The van der Waals surface area contributed by atoms with E-state index in [0.717, 1.165) is 6.07 Å². The van der Waals surface area contributed by atoms with Gasteiger partial charge in [-0.1, -0.05) is 23.7 Å². The molecule has 7 heteroatoms. The van der Waals surface area contributed by atoms with Crippen molar-refractivity contribution in [1.29, 1.82) is 0 Å². The number of benzene rings is 1. The monoisotopic (exact) mass is 236 g/mol. The van der Waals surface area contributed by atoms with Gasteiger partial charge in [0.1, 0.15) is 5.82 Å². The molecule has 1 aromatic carbocycles. The summed E-state index contributed by atoms with van der Waals surface area (Å²) in [5, 5.41) is -0.246. The van der Waals surface area contributed by atoms with Crippen molar-refractivity contribution in [2.75, 3.05) is 0 Å². The Hall–Kier alpha value is 0.931. The number of halogens is 5. The fraction of sp³-hybridized carbons (Fsp3) is 0. The fourth-order valence-electron chi connectivity index (χ4n) is 0.764. The van der Waals surface area contributed by atoms with Crippen LogP contribution in [0.3, 0.4) is 0 Å². The van der Waals surface area contributed by atoms with Crippen LogP contribution >= 0.6 is 11.6 Å². The minimum atomic E-state index is -5.17. The number of hydrogen-bond donors (Lipinski definition) is 0. The van der Waals surface area contributed by atoms with E-state index in [1.165, 1.54) is 0 Å². The summed E-state index contributed by atoms with van der Waals surface area (Å²) in [6.45, 7) is -5.17. The zero-order chi connectivity index (χ0) is 9.35. The molecule has 0 radical (unpaired) electrons. The van der Waals surface area contributed by atoms with Crippen molar-refractivity contribution in [3.63, 3.8) is 0 Å². The molecule has 13 heavy (non-hydrogen) atoms. The standard InChI is InChI=1S/C6H3BClF4.K/c8-5-1-4(7(10,11)12)2-6(9)3-5;/h1-3H;/q-1;+1. The van der Waals surface area contributed by atoms with Gasteiger partial charge in [0.05, 0.1) is 0 Å². The molecule has 1 rings (SSSR count). The van der Waals surface area contributed by atoms with Gasteiger partial charge in [-0.25, -0.2) is 4.39 Å². The zero-order valence-electron chi connectivity index (χ0n) is 6.70. The van der Waals surface area contributed by atoms with Gasteiger partial charge in [-0.05, 0) is 6.07 Å². The van der Waals surface area contributed by atoms with Crippen molar-refractivity contribution in [3.05, 3.63) is 29.0 Å². The summed E-state index contributed by atoms with van der Waals surface area (Å²) in [6.07, 6.45) is 0. The number of hydrogen-bond acceptors (Lipinski definition) is 0. The predicted octanol–water partition coefficient (Wildman–Crippen LogP) is -0.463. The van der Waals surface area contributed by atoms with Crippen molar-refractivity contribution < 1.29 is 68.7 Å². The van der Waals surface area contributed by atoms with Crippen molar-refractivity contribution in [2.45, 2.75) is 0 Å². The molecule has 1 aromatic rings. The van der Waals surface area contributed by atoms with E-state index in [9.17, 15) is 17.3 Å². The molecule has 0 aliphatic carbocycles. The quantitative estimate of drug-likeness (QED) is 0.457. The van der Waals surface area contributed by atoms with Gasteiger partial charge in [0.15, 0.2) is 0 Å². The zero-order valence-corrected chi connectivity index (χ0v) is 10.6. The molecule has 0 saturated carbocycles. The fourth-order valence-corrected chi connectivity index (χ4v) is 0.994. The van der Waals surface area contributed by atoms with Crippen LogP contribution in [0.5, 0.6) is 0 Å². The van der Waals surface area contributed by atoms with Crippen molar-refractivity contribution in [1.82, 2.24) is 0 Å². The van der Waals surface area contributed by atoms with E-state index in [1.807, 2.05) is 0 Å². The summed E-state index contributed by atoms with van der Waals surface area (Å²) in [6, 6.07) is 1.95. The summed E-state index contributed by atoms with van der Waals surface area (Å²) < 4.78 is 48.3. The molecule has 0 nitrogen and oxygen atoms in total. The van der Waals surface area contributed by atoms with Crippen LogP contribution in [0, 0.1) is 5.82 Å². The first-order valence-corrected chi connectivity index (χ1v) is 3.43. The van der Waals surface area contributed by atoms with E-state index in [1.54, 1.807) is 0 Å². The van der Waals surface area contributed by atoms with Crippen LogP contribution < -0.4 is 56.8 Å². The van der Waals surface area contributed by atoms with Crippen LogP contribution in [0.4, 0.5) is 17.3 Å². The van der Waals surface area contributed by atoms with Crippen molar-refractivity contribution >= 4 is 24.0 Å². The molecule has 0 fully saturated rings.